The molecule has 0 bridgehead atoms. The Hall–Kier alpha value is -1.58. The largest absolute Gasteiger partial charge is 0.502 e. The topological polar surface area (TPSA) is 63.4 Å². The van der Waals surface area contributed by atoms with Crippen LogP contribution in [-0.4, -0.2) is 10.0 Å². The number of aromatic hydroxyl groups is 1. The molecule has 0 aliphatic heterocycles. The van der Waals surface area contributed by atoms with Gasteiger partial charge in [-0.05, 0) is 18.6 Å². The Balaban J connectivity index is 3.27. The summed E-state index contributed by atoms with van der Waals surface area (Å²) in [6.07, 6.45) is 0. The average molecular weight is 152 g/mol. The minimum absolute atomic E-state index is 0.308. The molecule has 0 heterocycles. The van der Waals surface area contributed by atoms with Crippen molar-refractivity contribution in [2.75, 3.05) is 0 Å². The fourth-order valence-corrected chi connectivity index (χ4v) is 0.719. The standard InChI is InChI=1S/C7H6NO3/c1-5-3-2-4-6(7(5)9)8(10)11/h2-3,9H,1H3. The average Bonchev–Trinajstić information content (AvgIpc) is 1.94. The SMILES string of the molecule is Cc1cc[c]c([N+](=O)[O-])c1O. The normalized spacial score (nSPS) is 9.55. The number of nitro benzene ring substituents is 1. The van der Waals surface area contributed by atoms with Gasteiger partial charge in [0.15, 0.2) is 5.75 Å². The molecular weight excluding hydrogens is 146 g/mol. The number of rotatable bonds is 1. The van der Waals surface area contributed by atoms with Crippen molar-refractivity contribution in [3.8, 4) is 5.75 Å². The highest BCUT2D eigenvalue weighted by Gasteiger charge is 2.13. The molecule has 0 amide bonds. The van der Waals surface area contributed by atoms with Gasteiger partial charge >= 0.3 is 5.69 Å². The Labute approximate surface area is 63.2 Å². The van der Waals surface area contributed by atoms with Crippen LogP contribution in [0.15, 0.2) is 12.1 Å². The lowest BCUT2D eigenvalue weighted by Crippen LogP contribution is -1.89. The molecule has 4 nitrogen and oxygen atoms in total. The second kappa shape index (κ2) is 2.57. The van der Waals surface area contributed by atoms with Crippen LogP contribution in [0.2, 0.25) is 0 Å². The quantitative estimate of drug-likeness (QED) is 0.488. The maximum absolute atomic E-state index is 10.2. The highest BCUT2D eigenvalue weighted by atomic mass is 16.6. The van der Waals surface area contributed by atoms with Crippen LogP contribution in [0, 0.1) is 23.1 Å². The predicted molar refractivity (Wildman–Crippen MR) is 38.3 cm³/mol. The first-order valence-electron chi connectivity index (χ1n) is 2.97. The molecule has 0 spiro atoms. The summed E-state index contributed by atoms with van der Waals surface area (Å²) >= 11 is 0. The van der Waals surface area contributed by atoms with Crippen molar-refractivity contribution < 1.29 is 10.0 Å². The molecular formula is C7H6NO3. The molecule has 1 radical (unpaired) electrons. The van der Waals surface area contributed by atoms with Crippen LogP contribution >= 0.6 is 0 Å². The smallest absolute Gasteiger partial charge is 0.318 e. The summed E-state index contributed by atoms with van der Waals surface area (Å²) in [4.78, 5) is 9.52. The first kappa shape index (κ1) is 7.53. The monoisotopic (exact) mass is 152 g/mol. The van der Waals surface area contributed by atoms with E-state index in [0.717, 1.165) is 0 Å². The number of hydrogen-bond acceptors (Lipinski definition) is 3. The third-order valence-corrected chi connectivity index (χ3v) is 1.33. The lowest BCUT2D eigenvalue weighted by atomic mass is 10.2. The van der Waals surface area contributed by atoms with Gasteiger partial charge in [0.25, 0.3) is 0 Å². The van der Waals surface area contributed by atoms with Gasteiger partial charge in [0.1, 0.15) is 0 Å². The van der Waals surface area contributed by atoms with Gasteiger partial charge in [0.2, 0.25) is 0 Å². The van der Waals surface area contributed by atoms with Crippen LogP contribution in [0.25, 0.3) is 0 Å². The summed E-state index contributed by atoms with van der Waals surface area (Å²) in [5.41, 5.74) is 0.112. The Morgan fingerprint density at radius 3 is 2.82 bits per heavy atom. The number of nitrogens with zero attached hydrogens (tertiary/aromatic N) is 1. The highest BCUT2D eigenvalue weighted by molar-refractivity contribution is 5.48. The van der Waals surface area contributed by atoms with E-state index >= 15 is 0 Å². The number of nitro groups is 1. The van der Waals surface area contributed by atoms with Crippen LogP contribution < -0.4 is 0 Å². The molecule has 57 valence electrons. The second-order valence-corrected chi connectivity index (χ2v) is 2.12. The van der Waals surface area contributed by atoms with Crippen LogP contribution in [-0.2, 0) is 0 Å². The number of phenolic OH excluding ortho intramolecular Hbond substituents is 1. The van der Waals surface area contributed by atoms with Crippen molar-refractivity contribution in [1.29, 1.82) is 0 Å². The Kier molecular flexibility index (Phi) is 1.76. The van der Waals surface area contributed by atoms with Crippen molar-refractivity contribution in [2.24, 2.45) is 0 Å². The van der Waals surface area contributed by atoms with Gasteiger partial charge in [-0.15, -0.1) is 0 Å². The van der Waals surface area contributed by atoms with Gasteiger partial charge in [-0.1, -0.05) is 6.07 Å². The van der Waals surface area contributed by atoms with Crippen molar-refractivity contribution >= 4 is 5.69 Å². The summed E-state index contributed by atoms with van der Waals surface area (Å²) in [5.74, 6) is -0.308. The molecule has 4 heteroatoms. The first-order valence-corrected chi connectivity index (χ1v) is 2.97. The zero-order valence-corrected chi connectivity index (χ0v) is 5.87. The Bertz CT molecular complexity index is 296. The fourth-order valence-electron chi connectivity index (χ4n) is 0.719. The summed E-state index contributed by atoms with van der Waals surface area (Å²) < 4.78 is 0. The summed E-state index contributed by atoms with van der Waals surface area (Å²) in [7, 11) is 0. The van der Waals surface area contributed by atoms with Gasteiger partial charge < -0.3 is 5.11 Å². The number of phenols is 1. The van der Waals surface area contributed by atoms with Crippen LogP contribution in [0.4, 0.5) is 5.69 Å². The predicted octanol–water partition coefficient (Wildman–Crippen LogP) is 1.41. The molecule has 0 unspecified atom stereocenters. The molecule has 0 aliphatic carbocycles. The molecule has 1 aromatic rings. The molecule has 0 aliphatic rings. The summed E-state index contributed by atoms with van der Waals surface area (Å²) in [6.45, 7) is 1.59. The van der Waals surface area contributed by atoms with E-state index in [0.29, 0.717) is 5.56 Å². The van der Waals surface area contributed by atoms with Crippen molar-refractivity contribution in [3.63, 3.8) is 0 Å². The zero-order chi connectivity index (χ0) is 8.43. The zero-order valence-electron chi connectivity index (χ0n) is 5.87. The molecule has 0 aromatic heterocycles. The van der Waals surface area contributed by atoms with Crippen LogP contribution in [0.5, 0.6) is 5.75 Å². The molecule has 1 aromatic carbocycles. The first-order chi connectivity index (χ1) is 5.13. The minimum Gasteiger partial charge on any atom is -0.502 e. The van der Waals surface area contributed by atoms with E-state index in [2.05, 4.69) is 6.07 Å². The summed E-state index contributed by atoms with van der Waals surface area (Å²) in [6, 6.07) is 5.30. The third-order valence-electron chi connectivity index (χ3n) is 1.33. The van der Waals surface area contributed by atoms with Crippen LogP contribution in [0.1, 0.15) is 5.56 Å². The Morgan fingerprint density at radius 2 is 2.36 bits per heavy atom. The molecule has 11 heavy (non-hydrogen) atoms. The third kappa shape index (κ3) is 1.29. The molecule has 0 fully saturated rings. The van der Waals surface area contributed by atoms with Gasteiger partial charge in [0, 0.05) is 0 Å². The molecule has 0 atom stereocenters. The van der Waals surface area contributed by atoms with Gasteiger partial charge in [-0.25, -0.2) is 0 Å². The van der Waals surface area contributed by atoms with E-state index in [9.17, 15) is 10.1 Å². The van der Waals surface area contributed by atoms with E-state index in [1.54, 1.807) is 13.0 Å². The van der Waals surface area contributed by atoms with Gasteiger partial charge in [-0.2, -0.15) is 0 Å². The van der Waals surface area contributed by atoms with Gasteiger partial charge in [-0.3, -0.25) is 10.1 Å². The number of hydrogen-bond donors (Lipinski definition) is 1. The van der Waals surface area contributed by atoms with Crippen LogP contribution in [0.3, 0.4) is 0 Å². The van der Waals surface area contributed by atoms with Crippen molar-refractivity contribution in [3.05, 3.63) is 33.9 Å². The Morgan fingerprint density at radius 1 is 1.73 bits per heavy atom. The highest BCUT2D eigenvalue weighted by Crippen LogP contribution is 2.27. The lowest BCUT2D eigenvalue weighted by Gasteiger charge is -1.96. The van der Waals surface area contributed by atoms with E-state index in [4.69, 9.17) is 5.11 Å². The van der Waals surface area contributed by atoms with E-state index in [1.165, 1.54) is 6.07 Å². The molecule has 0 saturated carbocycles. The molecule has 0 saturated heterocycles. The van der Waals surface area contributed by atoms with E-state index in [-0.39, 0.29) is 11.4 Å². The maximum Gasteiger partial charge on any atom is 0.318 e. The second-order valence-electron chi connectivity index (χ2n) is 2.12. The molecule has 1 N–H and O–H groups in total. The summed E-state index contributed by atoms with van der Waals surface area (Å²) in [5, 5.41) is 19.3. The minimum atomic E-state index is -0.664. The maximum atomic E-state index is 10.2. The van der Waals surface area contributed by atoms with Gasteiger partial charge in [0.05, 0.1) is 11.0 Å². The lowest BCUT2D eigenvalue weighted by molar-refractivity contribution is -0.386. The molecule has 1 rings (SSSR count). The van der Waals surface area contributed by atoms with Crippen molar-refractivity contribution in [1.82, 2.24) is 0 Å². The van der Waals surface area contributed by atoms with E-state index < -0.39 is 4.92 Å². The number of benzene rings is 1. The number of aryl methyl sites for hydroxylation is 1. The van der Waals surface area contributed by atoms with Crippen molar-refractivity contribution in [2.45, 2.75) is 6.92 Å². The van der Waals surface area contributed by atoms with E-state index in [1.807, 2.05) is 0 Å². The fraction of sp³-hybridized carbons (Fsp3) is 0.143.